The van der Waals surface area contributed by atoms with E-state index in [1.54, 1.807) is 19.2 Å². The molecule has 0 aliphatic carbocycles. The number of carbonyl (C=O) groups is 1. The fraction of sp³-hybridized carbons (Fsp3) is 0.278. The van der Waals surface area contributed by atoms with Gasteiger partial charge in [0.05, 0.1) is 18.6 Å². The third-order valence-corrected chi connectivity index (χ3v) is 4.29. The number of methoxy groups -OCH3 is 1. The van der Waals surface area contributed by atoms with Crippen LogP contribution in [-0.2, 0) is 10.5 Å². The van der Waals surface area contributed by atoms with Crippen molar-refractivity contribution in [1.29, 1.82) is 0 Å². The van der Waals surface area contributed by atoms with Crippen LogP contribution in [0.4, 0.5) is 14.5 Å². The number of amides is 1. The standard InChI is InChI=1S/C18H19F2NO3S/c1-12-7-8-15(23-2)13(9-12)10-25-11-17(22)21-14-5-3-4-6-16(14)24-18(19)20/h3-9,18H,10-11H2,1-2H3,(H,21,22). The molecule has 1 amide bonds. The lowest BCUT2D eigenvalue weighted by Crippen LogP contribution is -2.15. The van der Waals surface area contributed by atoms with Gasteiger partial charge in [-0.25, -0.2) is 0 Å². The SMILES string of the molecule is COc1ccc(C)cc1CSCC(=O)Nc1ccccc1OC(F)F. The smallest absolute Gasteiger partial charge is 0.387 e. The molecule has 0 saturated heterocycles. The zero-order chi connectivity index (χ0) is 18.2. The average molecular weight is 367 g/mol. The Morgan fingerprint density at radius 2 is 1.96 bits per heavy atom. The van der Waals surface area contributed by atoms with Crippen LogP contribution in [0.2, 0.25) is 0 Å². The summed E-state index contributed by atoms with van der Waals surface area (Å²) in [5.74, 6) is 1.21. The maximum Gasteiger partial charge on any atom is 0.387 e. The zero-order valence-corrected chi connectivity index (χ0v) is 14.7. The number of ether oxygens (including phenoxy) is 2. The highest BCUT2D eigenvalue weighted by atomic mass is 32.2. The number of halogens is 2. The Morgan fingerprint density at radius 3 is 2.68 bits per heavy atom. The molecule has 0 fully saturated rings. The van der Waals surface area contributed by atoms with Crippen LogP contribution in [0.15, 0.2) is 42.5 Å². The molecule has 0 atom stereocenters. The summed E-state index contributed by atoms with van der Waals surface area (Å²) >= 11 is 1.41. The third kappa shape index (κ3) is 5.94. The lowest BCUT2D eigenvalue weighted by molar-refractivity contribution is -0.113. The Morgan fingerprint density at radius 1 is 1.20 bits per heavy atom. The Hall–Kier alpha value is -2.28. The molecule has 0 bridgehead atoms. The second-order valence-corrected chi connectivity index (χ2v) is 6.22. The molecule has 1 N–H and O–H groups in total. The summed E-state index contributed by atoms with van der Waals surface area (Å²) in [4.78, 5) is 12.1. The molecule has 2 aromatic rings. The van der Waals surface area contributed by atoms with Crippen LogP contribution < -0.4 is 14.8 Å². The van der Waals surface area contributed by atoms with Gasteiger partial charge in [0.2, 0.25) is 5.91 Å². The Bertz CT molecular complexity index is 725. The van der Waals surface area contributed by atoms with Crippen LogP contribution >= 0.6 is 11.8 Å². The molecule has 2 rings (SSSR count). The summed E-state index contributed by atoms with van der Waals surface area (Å²) < 4.78 is 34.5. The van der Waals surface area contributed by atoms with Crippen LogP contribution in [0.25, 0.3) is 0 Å². The summed E-state index contributed by atoms with van der Waals surface area (Å²) in [5, 5.41) is 2.59. The van der Waals surface area contributed by atoms with Crippen molar-refractivity contribution in [2.45, 2.75) is 19.3 Å². The van der Waals surface area contributed by atoms with Crippen LogP contribution in [0, 0.1) is 6.92 Å². The number of nitrogens with one attached hydrogen (secondary N) is 1. The van der Waals surface area contributed by atoms with E-state index >= 15 is 0 Å². The first kappa shape index (κ1) is 19.1. The quantitative estimate of drug-likeness (QED) is 0.747. The molecular formula is C18H19F2NO3S. The normalized spacial score (nSPS) is 10.6. The summed E-state index contributed by atoms with van der Waals surface area (Å²) in [6, 6.07) is 12.0. The van der Waals surface area contributed by atoms with Crippen LogP contribution in [0.5, 0.6) is 11.5 Å². The van der Waals surface area contributed by atoms with E-state index in [0.29, 0.717) is 5.75 Å². The zero-order valence-electron chi connectivity index (χ0n) is 13.9. The molecule has 0 aromatic heterocycles. The van der Waals surface area contributed by atoms with Gasteiger partial charge in [0.1, 0.15) is 11.5 Å². The predicted molar refractivity (Wildman–Crippen MR) is 95.6 cm³/mol. The fourth-order valence-electron chi connectivity index (χ4n) is 2.23. The summed E-state index contributed by atoms with van der Waals surface area (Å²) in [6.07, 6.45) is 0. The Kier molecular flexibility index (Phi) is 7.06. The minimum absolute atomic E-state index is 0.0591. The second kappa shape index (κ2) is 9.27. The van der Waals surface area contributed by atoms with Crippen molar-refractivity contribution < 1.29 is 23.0 Å². The van der Waals surface area contributed by atoms with Gasteiger partial charge in [0, 0.05) is 11.3 Å². The van der Waals surface area contributed by atoms with E-state index in [2.05, 4.69) is 10.1 Å². The van der Waals surface area contributed by atoms with Gasteiger partial charge in [-0.2, -0.15) is 8.78 Å². The van der Waals surface area contributed by atoms with Gasteiger partial charge < -0.3 is 14.8 Å². The van der Waals surface area contributed by atoms with Gasteiger partial charge >= 0.3 is 6.61 Å². The monoisotopic (exact) mass is 367 g/mol. The number of anilines is 1. The second-order valence-electron chi connectivity index (χ2n) is 5.23. The summed E-state index contributed by atoms with van der Waals surface area (Å²) in [6.45, 7) is -0.957. The van der Waals surface area contributed by atoms with Crippen molar-refractivity contribution in [3.8, 4) is 11.5 Å². The fourth-order valence-corrected chi connectivity index (χ4v) is 3.03. The molecule has 2 aromatic carbocycles. The summed E-state index contributed by atoms with van der Waals surface area (Å²) in [7, 11) is 1.60. The number of carbonyl (C=O) groups excluding carboxylic acids is 1. The molecule has 4 nitrogen and oxygen atoms in total. The maximum atomic E-state index is 12.4. The van der Waals surface area contributed by atoms with Crippen molar-refractivity contribution in [1.82, 2.24) is 0 Å². The van der Waals surface area contributed by atoms with E-state index in [-0.39, 0.29) is 23.1 Å². The van der Waals surface area contributed by atoms with E-state index in [0.717, 1.165) is 16.9 Å². The van der Waals surface area contributed by atoms with Gasteiger partial charge in [0.15, 0.2) is 0 Å². The molecule has 0 heterocycles. The van der Waals surface area contributed by atoms with Crippen molar-refractivity contribution in [2.75, 3.05) is 18.2 Å². The van der Waals surface area contributed by atoms with Gasteiger partial charge in [-0.3, -0.25) is 4.79 Å². The number of rotatable bonds is 8. The highest BCUT2D eigenvalue weighted by Crippen LogP contribution is 2.27. The summed E-state index contributed by atoms with van der Waals surface area (Å²) in [5.41, 5.74) is 2.34. The molecule has 0 spiro atoms. The Balaban J connectivity index is 1.91. The maximum absolute atomic E-state index is 12.4. The first-order chi connectivity index (χ1) is 12.0. The molecule has 134 valence electrons. The topological polar surface area (TPSA) is 47.6 Å². The van der Waals surface area contributed by atoms with Crippen LogP contribution in [0.3, 0.4) is 0 Å². The van der Waals surface area contributed by atoms with E-state index in [9.17, 15) is 13.6 Å². The molecular weight excluding hydrogens is 348 g/mol. The number of thioether (sulfide) groups is 1. The Labute approximate surface area is 149 Å². The largest absolute Gasteiger partial charge is 0.496 e. The molecule has 0 saturated carbocycles. The van der Waals surface area contributed by atoms with E-state index in [1.165, 1.54) is 23.9 Å². The van der Waals surface area contributed by atoms with Crippen LogP contribution in [-0.4, -0.2) is 25.4 Å². The minimum atomic E-state index is -2.94. The number of benzene rings is 2. The number of hydrogen-bond acceptors (Lipinski definition) is 4. The molecule has 7 heteroatoms. The van der Waals surface area contributed by atoms with Crippen LogP contribution in [0.1, 0.15) is 11.1 Å². The van der Waals surface area contributed by atoms with Crippen molar-refractivity contribution in [3.63, 3.8) is 0 Å². The molecule has 25 heavy (non-hydrogen) atoms. The molecule has 0 radical (unpaired) electrons. The number of para-hydroxylation sites is 2. The first-order valence-electron chi connectivity index (χ1n) is 7.54. The van der Waals surface area contributed by atoms with E-state index in [1.807, 2.05) is 25.1 Å². The molecule has 0 unspecified atom stereocenters. The number of hydrogen-bond donors (Lipinski definition) is 1. The van der Waals surface area contributed by atoms with Crippen molar-refractivity contribution in [2.24, 2.45) is 0 Å². The average Bonchev–Trinajstić information content (AvgIpc) is 2.56. The highest BCUT2D eigenvalue weighted by Gasteiger charge is 2.12. The van der Waals surface area contributed by atoms with Gasteiger partial charge in [-0.15, -0.1) is 11.8 Å². The lowest BCUT2D eigenvalue weighted by Gasteiger charge is -2.12. The molecule has 0 aliphatic heterocycles. The first-order valence-corrected chi connectivity index (χ1v) is 8.70. The van der Waals surface area contributed by atoms with Gasteiger partial charge in [0.25, 0.3) is 0 Å². The highest BCUT2D eigenvalue weighted by molar-refractivity contribution is 7.99. The molecule has 0 aliphatic rings. The number of aryl methyl sites for hydroxylation is 1. The minimum Gasteiger partial charge on any atom is -0.496 e. The van der Waals surface area contributed by atoms with Gasteiger partial charge in [-0.05, 0) is 25.1 Å². The van der Waals surface area contributed by atoms with E-state index in [4.69, 9.17) is 4.74 Å². The number of alkyl halides is 2. The van der Waals surface area contributed by atoms with Crippen molar-refractivity contribution in [3.05, 3.63) is 53.6 Å². The van der Waals surface area contributed by atoms with Crippen molar-refractivity contribution >= 4 is 23.4 Å². The van der Waals surface area contributed by atoms with E-state index < -0.39 is 6.61 Å². The predicted octanol–water partition coefficient (Wildman–Crippen LogP) is 4.48. The van der Waals surface area contributed by atoms with Gasteiger partial charge in [-0.1, -0.05) is 29.8 Å². The lowest BCUT2D eigenvalue weighted by atomic mass is 10.1. The third-order valence-electron chi connectivity index (χ3n) is 3.30.